The molecule has 0 heterocycles. The molecular formula is C14H28O2. The molecule has 0 N–H and O–H groups in total. The fourth-order valence-electron chi connectivity index (χ4n) is 2.27. The van der Waals surface area contributed by atoms with Crippen LogP contribution in [0.2, 0.25) is 0 Å². The van der Waals surface area contributed by atoms with E-state index in [1.165, 1.54) is 0 Å². The maximum absolute atomic E-state index is 6.00. The summed E-state index contributed by atoms with van der Waals surface area (Å²) in [7, 11) is 0. The Balaban J connectivity index is 2.29. The first-order valence-electron chi connectivity index (χ1n) is 6.51. The molecule has 16 heavy (non-hydrogen) atoms. The lowest BCUT2D eigenvalue weighted by Crippen LogP contribution is -2.35. The summed E-state index contributed by atoms with van der Waals surface area (Å²) in [6, 6.07) is 0. The zero-order chi connectivity index (χ0) is 12.4. The highest BCUT2D eigenvalue weighted by Crippen LogP contribution is 2.28. The molecule has 0 aromatic heterocycles. The van der Waals surface area contributed by atoms with Crippen molar-refractivity contribution in [3.8, 4) is 0 Å². The lowest BCUT2D eigenvalue weighted by Gasteiger charge is -2.36. The zero-order valence-corrected chi connectivity index (χ0v) is 11.8. The van der Waals surface area contributed by atoms with E-state index in [-0.39, 0.29) is 11.2 Å². The number of hydrogen-bond donors (Lipinski definition) is 0. The molecule has 0 aliphatic heterocycles. The van der Waals surface area contributed by atoms with E-state index in [4.69, 9.17) is 9.47 Å². The molecule has 1 aliphatic carbocycles. The van der Waals surface area contributed by atoms with E-state index in [1.54, 1.807) is 0 Å². The molecule has 1 saturated carbocycles. The molecule has 0 spiro atoms. The molecule has 0 radical (unpaired) electrons. The van der Waals surface area contributed by atoms with Crippen molar-refractivity contribution in [1.29, 1.82) is 0 Å². The molecule has 2 nitrogen and oxygen atoms in total. The Morgan fingerprint density at radius 1 is 0.625 bits per heavy atom. The van der Waals surface area contributed by atoms with Gasteiger partial charge in [0, 0.05) is 0 Å². The topological polar surface area (TPSA) is 18.5 Å². The maximum atomic E-state index is 6.00. The molecule has 0 saturated heterocycles. The first-order chi connectivity index (χ1) is 7.16. The first kappa shape index (κ1) is 14.0. The van der Waals surface area contributed by atoms with Crippen LogP contribution in [0.5, 0.6) is 0 Å². The van der Waals surface area contributed by atoms with E-state index < -0.39 is 0 Å². The number of hydrogen-bond acceptors (Lipinski definition) is 2. The van der Waals surface area contributed by atoms with Gasteiger partial charge in [0.15, 0.2) is 0 Å². The molecule has 0 unspecified atom stereocenters. The van der Waals surface area contributed by atoms with Gasteiger partial charge in [0.05, 0.1) is 23.4 Å². The lowest BCUT2D eigenvalue weighted by atomic mass is 9.93. The van der Waals surface area contributed by atoms with Gasteiger partial charge >= 0.3 is 0 Å². The van der Waals surface area contributed by atoms with E-state index in [2.05, 4.69) is 41.5 Å². The van der Waals surface area contributed by atoms with Crippen molar-refractivity contribution in [2.45, 2.75) is 90.6 Å². The van der Waals surface area contributed by atoms with Gasteiger partial charge in [-0.25, -0.2) is 0 Å². The molecule has 0 aromatic carbocycles. The summed E-state index contributed by atoms with van der Waals surface area (Å²) in [6.45, 7) is 12.8. The fraction of sp³-hybridized carbons (Fsp3) is 1.00. The van der Waals surface area contributed by atoms with Crippen molar-refractivity contribution in [2.75, 3.05) is 0 Å². The van der Waals surface area contributed by atoms with Gasteiger partial charge in [-0.15, -0.1) is 0 Å². The summed E-state index contributed by atoms with van der Waals surface area (Å²) >= 11 is 0. The van der Waals surface area contributed by atoms with Crippen molar-refractivity contribution in [3.05, 3.63) is 0 Å². The van der Waals surface area contributed by atoms with Gasteiger partial charge in [-0.2, -0.15) is 0 Å². The average molecular weight is 228 g/mol. The monoisotopic (exact) mass is 228 g/mol. The minimum atomic E-state index is -0.0115. The zero-order valence-electron chi connectivity index (χ0n) is 11.8. The molecule has 2 heteroatoms. The summed E-state index contributed by atoms with van der Waals surface area (Å²) in [6.07, 6.45) is 5.41. The van der Waals surface area contributed by atoms with Crippen molar-refractivity contribution in [1.82, 2.24) is 0 Å². The number of rotatable bonds is 2. The van der Waals surface area contributed by atoms with Crippen LogP contribution in [0, 0.1) is 0 Å². The minimum absolute atomic E-state index is 0.0115. The highest BCUT2D eigenvalue weighted by atomic mass is 16.5. The van der Waals surface area contributed by atoms with Crippen LogP contribution in [0.1, 0.15) is 67.2 Å². The van der Waals surface area contributed by atoms with Crippen molar-refractivity contribution >= 4 is 0 Å². The molecular weight excluding hydrogens is 200 g/mol. The standard InChI is InChI=1S/C14H28O2/c1-13(2,3)15-11-7-9-12(10-8-11)16-14(4,5)6/h11-12H,7-10H2,1-6H3/t11-,12+. The maximum Gasteiger partial charge on any atom is 0.0602 e. The summed E-state index contributed by atoms with van der Waals surface area (Å²) in [5.74, 6) is 0. The Hall–Kier alpha value is -0.0800. The Bertz CT molecular complexity index is 178. The van der Waals surface area contributed by atoms with E-state index in [1.807, 2.05) is 0 Å². The van der Waals surface area contributed by atoms with Gasteiger partial charge in [-0.05, 0) is 67.2 Å². The third-order valence-electron chi connectivity index (χ3n) is 2.66. The van der Waals surface area contributed by atoms with E-state index in [9.17, 15) is 0 Å². The second-order valence-corrected chi connectivity index (χ2v) is 6.86. The lowest BCUT2D eigenvalue weighted by molar-refractivity contribution is -0.118. The van der Waals surface area contributed by atoms with Crippen LogP contribution in [0.15, 0.2) is 0 Å². The van der Waals surface area contributed by atoms with Crippen LogP contribution in [0.3, 0.4) is 0 Å². The van der Waals surface area contributed by atoms with Crippen molar-refractivity contribution < 1.29 is 9.47 Å². The van der Waals surface area contributed by atoms with Gasteiger partial charge in [-0.3, -0.25) is 0 Å². The van der Waals surface area contributed by atoms with E-state index >= 15 is 0 Å². The van der Waals surface area contributed by atoms with Crippen LogP contribution in [0.4, 0.5) is 0 Å². The normalized spacial score (nSPS) is 28.1. The van der Waals surface area contributed by atoms with Crippen LogP contribution in [0.25, 0.3) is 0 Å². The third kappa shape index (κ3) is 5.86. The van der Waals surface area contributed by atoms with Crippen molar-refractivity contribution in [2.24, 2.45) is 0 Å². The molecule has 0 atom stereocenters. The fourth-order valence-corrected chi connectivity index (χ4v) is 2.27. The summed E-state index contributed by atoms with van der Waals surface area (Å²) in [4.78, 5) is 0. The molecule has 1 fully saturated rings. The molecule has 0 amide bonds. The molecule has 96 valence electrons. The number of ether oxygens (including phenoxy) is 2. The Labute approximate surface area is 101 Å². The van der Waals surface area contributed by atoms with Gasteiger partial charge < -0.3 is 9.47 Å². The largest absolute Gasteiger partial charge is 0.373 e. The van der Waals surface area contributed by atoms with Gasteiger partial charge in [0.2, 0.25) is 0 Å². The van der Waals surface area contributed by atoms with Crippen molar-refractivity contribution in [3.63, 3.8) is 0 Å². The summed E-state index contributed by atoms with van der Waals surface area (Å²) < 4.78 is 12.0. The first-order valence-corrected chi connectivity index (χ1v) is 6.51. The summed E-state index contributed by atoms with van der Waals surface area (Å²) in [5, 5.41) is 0. The minimum Gasteiger partial charge on any atom is -0.373 e. The van der Waals surface area contributed by atoms with Crippen LogP contribution in [-0.4, -0.2) is 23.4 Å². The van der Waals surface area contributed by atoms with Crippen LogP contribution >= 0.6 is 0 Å². The predicted octanol–water partition coefficient (Wildman–Crippen LogP) is 3.93. The highest BCUT2D eigenvalue weighted by molar-refractivity contribution is 4.77. The second-order valence-electron chi connectivity index (χ2n) is 6.86. The van der Waals surface area contributed by atoms with Crippen LogP contribution in [-0.2, 0) is 9.47 Å². The van der Waals surface area contributed by atoms with E-state index in [0.29, 0.717) is 12.2 Å². The second kappa shape index (κ2) is 5.05. The molecule has 1 aliphatic rings. The quantitative estimate of drug-likeness (QED) is 0.713. The average Bonchev–Trinajstić information content (AvgIpc) is 2.03. The Morgan fingerprint density at radius 3 is 1.06 bits per heavy atom. The predicted molar refractivity (Wildman–Crippen MR) is 67.7 cm³/mol. The SMILES string of the molecule is CC(C)(C)O[C@H]1CC[C@@H](OC(C)(C)C)CC1. The summed E-state index contributed by atoms with van der Waals surface area (Å²) in [5.41, 5.74) is -0.0230. The Morgan fingerprint density at radius 2 is 0.875 bits per heavy atom. The Kier molecular flexibility index (Phi) is 4.42. The molecule has 0 bridgehead atoms. The van der Waals surface area contributed by atoms with Crippen LogP contribution < -0.4 is 0 Å². The van der Waals surface area contributed by atoms with Gasteiger partial charge in [0.1, 0.15) is 0 Å². The van der Waals surface area contributed by atoms with Gasteiger partial charge in [0.25, 0.3) is 0 Å². The molecule has 1 rings (SSSR count). The third-order valence-corrected chi connectivity index (χ3v) is 2.66. The smallest absolute Gasteiger partial charge is 0.0602 e. The van der Waals surface area contributed by atoms with Gasteiger partial charge in [-0.1, -0.05) is 0 Å². The van der Waals surface area contributed by atoms with E-state index in [0.717, 1.165) is 25.7 Å². The molecule has 0 aromatic rings. The highest BCUT2D eigenvalue weighted by Gasteiger charge is 2.28.